The molecule has 1 aliphatic rings. The summed E-state index contributed by atoms with van der Waals surface area (Å²) in [6.07, 6.45) is 1.85. The van der Waals surface area contributed by atoms with Crippen LogP contribution >= 0.6 is 24.8 Å². The first-order valence-electron chi connectivity index (χ1n) is 5.02. The fourth-order valence-corrected chi connectivity index (χ4v) is 1.75. The van der Waals surface area contributed by atoms with Crippen LogP contribution in [0.5, 0.6) is 0 Å². The summed E-state index contributed by atoms with van der Waals surface area (Å²) < 4.78 is 0. The van der Waals surface area contributed by atoms with Crippen molar-refractivity contribution in [2.24, 2.45) is 5.73 Å². The van der Waals surface area contributed by atoms with E-state index in [1.54, 1.807) is 0 Å². The summed E-state index contributed by atoms with van der Waals surface area (Å²) in [5.41, 5.74) is 11.1. The Kier molecular flexibility index (Phi) is 6.30. The number of piperidine rings is 1. The van der Waals surface area contributed by atoms with Crippen LogP contribution in [0.1, 0.15) is 12.8 Å². The summed E-state index contributed by atoms with van der Waals surface area (Å²) in [6, 6.07) is 1.73. The highest BCUT2D eigenvalue weighted by Gasteiger charge is 2.17. The van der Waals surface area contributed by atoms with Gasteiger partial charge in [0.2, 0.25) is 5.95 Å². The summed E-state index contributed by atoms with van der Waals surface area (Å²) >= 11 is 0. The van der Waals surface area contributed by atoms with E-state index < -0.39 is 0 Å². The van der Waals surface area contributed by atoms with Crippen molar-refractivity contribution in [1.29, 1.82) is 0 Å². The summed E-state index contributed by atoms with van der Waals surface area (Å²) in [7, 11) is 0. The van der Waals surface area contributed by atoms with Crippen molar-refractivity contribution >= 4 is 36.6 Å². The zero-order valence-corrected chi connectivity index (χ0v) is 10.9. The van der Waals surface area contributed by atoms with Crippen molar-refractivity contribution in [2.75, 3.05) is 23.7 Å². The average Bonchev–Trinajstić information content (AvgIpc) is 2.17. The van der Waals surface area contributed by atoms with E-state index in [1.165, 1.54) is 6.07 Å². The standard InChI is InChI=1S/C9H15N5O.2ClH/c10-6-1-3-14(4-2-6)7-5-8(15)13-9(11)12-7;;/h5-6H,1-4,10H2,(H3,11,12,13,15);2*1H. The maximum absolute atomic E-state index is 11.2. The second kappa shape index (κ2) is 6.68. The number of anilines is 2. The van der Waals surface area contributed by atoms with Crippen LogP contribution in [0, 0.1) is 0 Å². The molecule has 0 aromatic carbocycles. The van der Waals surface area contributed by atoms with Crippen molar-refractivity contribution in [2.45, 2.75) is 18.9 Å². The number of hydrogen-bond donors (Lipinski definition) is 3. The smallest absolute Gasteiger partial charge is 0.254 e. The number of aromatic amines is 1. The van der Waals surface area contributed by atoms with E-state index in [9.17, 15) is 4.79 Å². The molecule has 0 aliphatic carbocycles. The molecule has 2 heterocycles. The van der Waals surface area contributed by atoms with Crippen LogP contribution < -0.4 is 21.9 Å². The van der Waals surface area contributed by atoms with E-state index in [0.717, 1.165) is 25.9 Å². The Morgan fingerprint density at radius 3 is 2.47 bits per heavy atom. The molecule has 0 atom stereocenters. The van der Waals surface area contributed by atoms with Gasteiger partial charge < -0.3 is 16.4 Å². The van der Waals surface area contributed by atoms with Crippen molar-refractivity contribution < 1.29 is 0 Å². The average molecular weight is 282 g/mol. The van der Waals surface area contributed by atoms with Crippen LogP contribution in [0.4, 0.5) is 11.8 Å². The Labute approximate surface area is 112 Å². The summed E-state index contributed by atoms with van der Waals surface area (Å²) in [4.78, 5) is 19.7. The Morgan fingerprint density at radius 1 is 1.35 bits per heavy atom. The van der Waals surface area contributed by atoms with E-state index >= 15 is 0 Å². The number of aromatic nitrogens is 2. The van der Waals surface area contributed by atoms with Crippen LogP contribution in [0.25, 0.3) is 0 Å². The third-order valence-electron chi connectivity index (χ3n) is 2.61. The Hall–Kier alpha value is -0.980. The predicted molar refractivity (Wildman–Crippen MR) is 73.2 cm³/mol. The van der Waals surface area contributed by atoms with Crippen LogP contribution in [-0.4, -0.2) is 29.1 Å². The molecule has 2 rings (SSSR count). The second-order valence-corrected chi connectivity index (χ2v) is 3.81. The number of nitrogen functional groups attached to an aromatic ring is 1. The van der Waals surface area contributed by atoms with Gasteiger partial charge in [0.1, 0.15) is 5.82 Å². The molecule has 1 saturated heterocycles. The Balaban J connectivity index is 0.00000128. The molecule has 98 valence electrons. The molecule has 1 aromatic heterocycles. The maximum atomic E-state index is 11.2. The van der Waals surface area contributed by atoms with Crippen LogP contribution in [0.2, 0.25) is 0 Å². The van der Waals surface area contributed by atoms with E-state index in [1.807, 2.05) is 4.90 Å². The molecule has 0 unspecified atom stereocenters. The first-order valence-corrected chi connectivity index (χ1v) is 5.02. The fourth-order valence-electron chi connectivity index (χ4n) is 1.75. The quantitative estimate of drug-likeness (QED) is 0.679. The lowest BCUT2D eigenvalue weighted by Crippen LogP contribution is -2.40. The third-order valence-corrected chi connectivity index (χ3v) is 2.61. The van der Waals surface area contributed by atoms with E-state index in [0.29, 0.717) is 5.82 Å². The Morgan fingerprint density at radius 2 is 1.94 bits per heavy atom. The topological polar surface area (TPSA) is 101 Å². The predicted octanol–water partition coefficient (Wildman–Crippen LogP) is 0.123. The van der Waals surface area contributed by atoms with E-state index in [-0.39, 0.29) is 42.4 Å². The summed E-state index contributed by atoms with van der Waals surface area (Å²) in [5, 5.41) is 0. The van der Waals surface area contributed by atoms with Crippen LogP contribution in [0.15, 0.2) is 10.9 Å². The number of rotatable bonds is 1. The highest BCUT2D eigenvalue weighted by Crippen LogP contribution is 2.15. The molecule has 0 saturated carbocycles. The lowest BCUT2D eigenvalue weighted by Gasteiger charge is -2.30. The molecule has 0 amide bonds. The number of H-pyrrole nitrogens is 1. The maximum Gasteiger partial charge on any atom is 0.254 e. The van der Waals surface area contributed by atoms with Gasteiger partial charge in [-0.2, -0.15) is 4.98 Å². The first-order chi connectivity index (χ1) is 7.15. The van der Waals surface area contributed by atoms with Crippen molar-refractivity contribution in [3.63, 3.8) is 0 Å². The van der Waals surface area contributed by atoms with Gasteiger partial charge in [-0.25, -0.2) is 0 Å². The molecule has 0 spiro atoms. The van der Waals surface area contributed by atoms with Gasteiger partial charge >= 0.3 is 0 Å². The molecular weight excluding hydrogens is 265 g/mol. The number of nitrogens with two attached hydrogens (primary N) is 2. The molecule has 5 N–H and O–H groups in total. The van der Waals surface area contributed by atoms with Gasteiger partial charge in [-0.1, -0.05) is 0 Å². The lowest BCUT2D eigenvalue weighted by molar-refractivity contribution is 0.498. The zero-order chi connectivity index (χ0) is 10.8. The second-order valence-electron chi connectivity index (χ2n) is 3.81. The molecular formula is C9H17Cl2N5O. The van der Waals surface area contributed by atoms with Gasteiger partial charge in [-0.15, -0.1) is 24.8 Å². The summed E-state index contributed by atoms with van der Waals surface area (Å²) in [6.45, 7) is 1.66. The summed E-state index contributed by atoms with van der Waals surface area (Å²) in [5.74, 6) is 0.801. The van der Waals surface area contributed by atoms with Gasteiger partial charge in [-0.05, 0) is 12.8 Å². The van der Waals surface area contributed by atoms with Gasteiger partial charge in [0.25, 0.3) is 5.56 Å². The number of halogens is 2. The molecule has 1 aliphatic heterocycles. The minimum atomic E-state index is -0.215. The zero-order valence-electron chi connectivity index (χ0n) is 9.26. The van der Waals surface area contributed by atoms with Gasteiger partial charge in [0.05, 0.1) is 0 Å². The van der Waals surface area contributed by atoms with Crippen LogP contribution in [-0.2, 0) is 0 Å². The molecule has 17 heavy (non-hydrogen) atoms. The van der Waals surface area contributed by atoms with E-state index in [2.05, 4.69) is 9.97 Å². The SMILES string of the molecule is Cl.Cl.Nc1nc(N2CCC(N)CC2)cc(=O)[nH]1. The first kappa shape index (κ1) is 16.0. The third kappa shape index (κ3) is 4.07. The van der Waals surface area contributed by atoms with Crippen LogP contribution in [0.3, 0.4) is 0 Å². The number of hydrogen-bond acceptors (Lipinski definition) is 5. The van der Waals surface area contributed by atoms with Crippen molar-refractivity contribution in [3.8, 4) is 0 Å². The monoisotopic (exact) mass is 281 g/mol. The van der Waals surface area contributed by atoms with Crippen molar-refractivity contribution in [3.05, 3.63) is 16.4 Å². The fraction of sp³-hybridized carbons (Fsp3) is 0.556. The minimum Gasteiger partial charge on any atom is -0.369 e. The minimum absolute atomic E-state index is 0. The molecule has 0 bridgehead atoms. The molecule has 1 aromatic rings. The molecule has 6 nitrogen and oxygen atoms in total. The Bertz CT molecular complexity index is 403. The normalized spacial score (nSPS) is 15.9. The van der Waals surface area contributed by atoms with Gasteiger partial charge in [0, 0.05) is 25.2 Å². The molecule has 1 fully saturated rings. The van der Waals surface area contributed by atoms with Gasteiger partial charge in [-0.3, -0.25) is 9.78 Å². The highest BCUT2D eigenvalue weighted by atomic mass is 35.5. The number of nitrogens with one attached hydrogen (secondary N) is 1. The number of nitrogens with zero attached hydrogens (tertiary/aromatic N) is 2. The lowest BCUT2D eigenvalue weighted by atomic mass is 10.1. The largest absolute Gasteiger partial charge is 0.369 e. The van der Waals surface area contributed by atoms with E-state index in [4.69, 9.17) is 11.5 Å². The molecule has 0 radical (unpaired) electrons. The highest BCUT2D eigenvalue weighted by molar-refractivity contribution is 5.85. The van der Waals surface area contributed by atoms with Crippen molar-refractivity contribution in [1.82, 2.24) is 9.97 Å². The van der Waals surface area contributed by atoms with Gasteiger partial charge in [0.15, 0.2) is 0 Å². The molecule has 8 heteroatoms.